The van der Waals surface area contributed by atoms with Gasteiger partial charge in [0.25, 0.3) is 0 Å². The summed E-state index contributed by atoms with van der Waals surface area (Å²) < 4.78 is 27.2. The molecular weight excluding hydrogens is 524 g/mol. The summed E-state index contributed by atoms with van der Waals surface area (Å²) in [5, 5.41) is 0. The van der Waals surface area contributed by atoms with Gasteiger partial charge in [0.05, 0.1) is 31.5 Å². The van der Waals surface area contributed by atoms with Crippen molar-refractivity contribution in [2.75, 3.05) is 20.3 Å². The Morgan fingerprint density at radius 2 is 1.27 bits per heavy atom. The highest BCUT2D eigenvalue weighted by Crippen LogP contribution is 2.29. The third-order valence-electron chi connectivity index (χ3n) is 6.12. The smallest absolute Gasteiger partial charge is 0.343 e. The molecule has 8 heteroatoms. The van der Waals surface area contributed by atoms with Crippen molar-refractivity contribution in [2.24, 2.45) is 0 Å². The summed E-state index contributed by atoms with van der Waals surface area (Å²) in [6.45, 7) is 8.08. The average molecular weight is 561 g/mol. The zero-order chi connectivity index (χ0) is 29.6. The Kier molecular flexibility index (Phi) is 12.0. The Bertz CT molecular complexity index is 1330. The molecule has 0 spiro atoms. The summed E-state index contributed by atoms with van der Waals surface area (Å²) in [7, 11) is 1.50. The molecule has 0 radical (unpaired) electrons. The normalized spacial score (nSPS) is 10.4. The fourth-order valence-corrected chi connectivity index (χ4v) is 3.73. The minimum Gasteiger partial charge on any atom is -0.493 e. The van der Waals surface area contributed by atoms with Crippen LogP contribution >= 0.6 is 0 Å². The molecule has 0 aliphatic heterocycles. The van der Waals surface area contributed by atoms with Crippen LogP contribution in [0.15, 0.2) is 78.9 Å². The van der Waals surface area contributed by atoms with Crippen molar-refractivity contribution in [1.29, 1.82) is 0 Å². The Hall–Kier alpha value is -4.59. The highest BCUT2D eigenvalue weighted by atomic mass is 16.5. The SMILES string of the molecule is C=C(C)C(=O)OCCCCCCOc1ccc(C(=O)Oc2ccc(C(=O)Oc3ccc(CC)cc3)cc2)cc1OC. The Morgan fingerprint density at radius 1 is 0.707 bits per heavy atom. The molecule has 0 aliphatic rings. The van der Waals surface area contributed by atoms with Gasteiger partial charge in [0.1, 0.15) is 11.5 Å². The Balaban J connectivity index is 1.45. The maximum Gasteiger partial charge on any atom is 0.343 e. The molecule has 0 aliphatic carbocycles. The first-order chi connectivity index (χ1) is 19.8. The molecule has 0 saturated carbocycles. The quantitative estimate of drug-likeness (QED) is 0.0871. The van der Waals surface area contributed by atoms with E-state index in [4.69, 9.17) is 23.7 Å². The van der Waals surface area contributed by atoms with E-state index in [0.717, 1.165) is 37.7 Å². The molecular formula is C33H36O8. The highest BCUT2D eigenvalue weighted by Gasteiger charge is 2.15. The van der Waals surface area contributed by atoms with E-state index in [1.54, 1.807) is 37.3 Å². The lowest BCUT2D eigenvalue weighted by atomic mass is 10.2. The van der Waals surface area contributed by atoms with Gasteiger partial charge in [0, 0.05) is 5.57 Å². The third kappa shape index (κ3) is 9.83. The number of hydrogen-bond donors (Lipinski definition) is 0. The predicted octanol–water partition coefficient (Wildman–Crippen LogP) is 6.75. The first-order valence-electron chi connectivity index (χ1n) is 13.6. The van der Waals surface area contributed by atoms with Gasteiger partial charge in [0.2, 0.25) is 0 Å². The number of carbonyl (C=O) groups is 3. The molecule has 41 heavy (non-hydrogen) atoms. The van der Waals surface area contributed by atoms with E-state index in [9.17, 15) is 14.4 Å². The van der Waals surface area contributed by atoms with Gasteiger partial charge in [-0.1, -0.05) is 25.6 Å². The molecule has 216 valence electrons. The van der Waals surface area contributed by atoms with E-state index in [1.165, 1.54) is 31.4 Å². The second-order valence-electron chi connectivity index (χ2n) is 9.35. The summed E-state index contributed by atoms with van der Waals surface area (Å²) >= 11 is 0. The molecule has 3 aromatic rings. The van der Waals surface area contributed by atoms with Crippen LogP contribution in [0.3, 0.4) is 0 Å². The number of ether oxygens (including phenoxy) is 5. The van der Waals surface area contributed by atoms with Gasteiger partial charge < -0.3 is 23.7 Å². The molecule has 0 N–H and O–H groups in total. The zero-order valence-electron chi connectivity index (χ0n) is 23.8. The van der Waals surface area contributed by atoms with Crippen molar-refractivity contribution in [3.05, 3.63) is 95.6 Å². The van der Waals surface area contributed by atoms with Crippen LogP contribution < -0.4 is 18.9 Å². The zero-order valence-corrected chi connectivity index (χ0v) is 23.8. The van der Waals surface area contributed by atoms with Crippen molar-refractivity contribution < 1.29 is 38.1 Å². The van der Waals surface area contributed by atoms with Crippen LogP contribution in [0.1, 0.15) is 65.8 Å². The van der Waals surface area contributed by atoms with Gasteiger partial charge >= 0.3 is 17.9 Å². The standard InChI is InChI=1S/C33H36O8/c1-5-24-10-15-27(16-11-24)40-32(35)25-12-17-28(18-13-25)41-33(36)26-14-19-29(30(22-26)37-4)38-20-8-6-7-9-21-39-31(34)23(2)3/h10-19,22H,2,5-9,20-21H2,1,3-4H3. The molecule has 8 nitrogen and oxygen atoms in total. The number of esters is 3. The molecule has 0 unspecified atom stereocenters. The number of unbranched alkanes of at least 4 members (excludes halogenated alkanes) is 3. The van der Waals surface area contributed by atoms with Gasteiger partial charge in [-0.3, -0.25) is 0 Å². The van der Waals surface area contributed by atoms with Crippen LogP contribution in [0.4, 0.5) is 0 Å². The van der Waals surface area contributed by atoms with Gasteiger partial charge in [-0.25, -0.2) is 14.4 Å². The van der Waals surface area contributed by atoms with E-state index < -0.39 is 11.9 Å². The summed E-state index contributed by atoms with van der Waals surface area (Å²) in [4.78, 5) is 36.5. The highest BCUT2D eigenvalue weighted by molar-refractivity contribution is 5.93. The minimum atomic E-state index is -0.575. The van der Waals surface area contributed by atoms with Crippen LogP contribution in [-0.2, 0) is 16.0 Å². The van der Waals surface area contributed by atoms with Crippen molar-refractivity contribution in [3.8, 4) is 23.0 Å². The maximum absolute atomic E-state index is 12.7. The second kappa shape index (κ2) is 15.9. The third-order valence-corrected chi connectivity index (χ3v) is 6.12. The average Bonchev–Trinajstić information content (AvgIpc) is 2.98. The second-order valence-corrected chi connectivity index (χ2v) is 9.35. The van der Waals surface area contributed by atoms with Crippen LogP contribution in [0.2, 0.25) is 0 Å². The number of hydrogen-bond acceptors (Lipinski definition) is 8. The molecule has 0 atom stereocenters. The maximum atomic E-state index is 12.7. The Labute approximate surface area is 240 Å². The van der Waals surface area contributed by atoms with E-state index in [0.29, 0.717) is 41.6 Å². The van der Waals surface area contributed by atoms with E-state index >= 15 is 0 Å². The van der Waals surface area contributed by atoms with E-state index in [2.05, 4.69) is 13.5 Å². The number of benzene rings is 3. The summed E-state index contributed by atoms with van der Waals surface area (Å²) in [5.74, 6) is 0.237. The van der Waals surface area contributed by atoms with Gasteiger partial charge in [-0.15, -0.1) is 0 Å². The van der Waals surface area contributed by atoms with Crippen molar-refractivity contribution >= 4 is 17.9 Å². The van der Waals surface area contributed by atoms with Crippen molar-refractivity contribution in [1.82, 2.24) is 0 Å². The van der Waals surface area contributed by atoms with Gasteiger partial charge in [-0.2, -0.15) is 0 Å². The van der Waals surface area contributed by atoms with E-state index in [1.807, 2.05) is 12.1 Å². The molecule has 0 amide bonds. The molecule has 0 heterocycles. The molecule has 3 aromatic carbocycles. The molecule has 0 fully saturated rings. The number of methoxy groups -OCH3 is 1. The van der Waals surface area contributed by atoms with Crippen LogP contribution in [0.5, 0.6) is 23.0 Å². The molecule has 0 bridgehead atoms. The Morgan fingerprint density at radius 3 is 1.85 bits per heavy atom. The lowest BCUT2D eigenvalue weighted by molar-refractivity contribution is -0.139. The van der Waals surface area contributed by atoms with Crippen molar-refractivity contribution in [3.63, 3.8) is 0 Å². The lowest BCUT2D eigenvalue weighted by Crippen LogP contribution is -2.10. The monoisotopic (exact) mass is 560 g/mol. The molecule has 3 rings (SSSR count). The summed E-state index contributed by atoms with van der Waals surface area (Å²) in [6, 6.07) is 18.3. The number of carbonyl (C=O) groups excluding carboxylic acids is 3. The van der Waals surface area contributed by atoms with Crippen LogP contribution in [0, 0.1) is 0 Å². The van der Waals surface area contributed by atoms with Gasteiger partial charge in [-0.05, 0) is 99.2 Å². The summed E-state index contributed by atoms with van der Waals surface area (Å²) in [5.41, 5.74) is 2.17. The fraction of sp³-hybridized carbons (Fsp3) is 0.303. The summed E-state index contributed by atoms with van der Waals surface area (Å²) in [6.07, 6.45) is 4.32. The fourth-order valence-electron chi connectivity index (χ4n) is 3.73. The van der Waals surface area contributed by atoms with Crippen LogP contribution in [0.25, 0.3) is 0 Å². The lowest BCUT2D eigenvalue weighted by Gasteiger charge is -2.12. The van der Waals surface area contributed by atoms with Crippen molar-refractivity contribution in [2.45, 2.75) is 46.0 Å². The topological polar surface area (TPSA) is 97.4 Å². The minimum absolute atomic E-state index is 0.285. The first-order valence-corrected chi connectivity index (χ1v) is 13.6. The van der Waals surface area contributed by atoms with Crippen LogP contribution in [-0.4, -0.2) is 38.2 Å². The largest absolute Gasteiger partial charge is 0.493 e. The predicted molar refractivity (Wildman–Crippen MR) is 155 cm³/mol. The molecule has 0 saturated heterocycles. The van der Waals surface area contributed by atoms with Gasteiger partial charge in [0.15, 0.2) is 11.5 Å². The number of aryl methyl sites for hydroxylation is 1. The molecule has 0 aromatic heterocycles. The van der Waals surface area contributed by atoms with E-state index in [-0.39, 0.29) is 17.3 Å². The first kappa shape index (κ1) is 30.9. The number of rotatable bonds is 15.